The van der Waals surface area contributed by atoms with Gasteiger partial charge in [0.15, 0.2) is 0 Å². The highest BCUT2D eigenvalue weighted by atomic mass is 35.5. The van der Waals surface area contributed by atoms with Gasteiger partial charge in [0.1, 0.15) is 5.82 Å². The van der Waals surface area contributed by atoms with Crippen molar-refractivity contribution < 1.29 is 9.18 Å². The lowest BCUT2D eigenvalue weighted by molar-refractivity contribution is -0.132. The first-order chi connectivity index (χ1) is 12.5. The Kier molecular flexibility index (Phi) is 7.36. The first-order valence-electron chi connectivity index (χ1n) is 8.99. The smallest absolute Gasteiger partial charge is 0.236 e. The number of likely N-dealkylation sites (N-methyl/N-ethyl adjacent to an activating group) is 1. The van der Waals surface area contributed by atoms with Crippen LogP contribution in [0.5, 0.6) is 0 Å². The van der Waals surface area contributed by atoms with Crippen LogP contribution in [0.3, 0.4) is 0 Å². The van der Waals surface area contributed by atoms with E-state index in [1.165, 1.54) is 17.7 Å². The number of hydrogen-bond acceptors (Lipinski definition) is 3. The number of carbonyl (C=O) groups excluding carboxylic acids is 1. The number of hydrogen-bond donors (Lipinski definition) is 1. The van der Waals surface area contributed by atoms with Crippen LogP contribution in [0.25, 0.3) is 0 Å². The van der Waals surface area contributed by atoms with Crippen LogP contribution in [0, 0.1) is 5.82 Å². The molecule has 6 heteroatoms. The Bertz CT molecular complexity index is 741. The molecule has 1 aliphatic heterocycles. The summed E-state index contributed by atoms with van der Waals surface area (Å²) >= 11 is 0. The first kappa shape index (κ1) is 21.4. The van der Waals surface area contributed by atoms with E-state index in [0.717, 1.165) is 12.1 Å². The number of carbonyl (C=O) groups is 1. The van der Waals surface area contributed by atoms with E-state index in [9.17, 15) is 9.18 Å². The molecule has 27 heavy (non-hydrogen) atoms. The average Bonchev–Trinajstić information content (AvgIpc) is 3.02. The van der Waals surface area contributed by atoms with E-state index in [4.69, 9.17) is 5.73 Å². The predicted molar refractivity (Wildman–Crippen MR) is 108 cm³/mol. The van der Waals surface area contributed by atoms with Crippen molar-refractivity contribution in [3.05, 3.63) is 71.5 Å². The maximum Gasteiger partial charge on any atom is 0.236 e. The summed E-state index contributed by atoms with van der Waals surface area (Å²) in [6.45, 7) is 3.80. The van der Waals surface area contributed by atoms with Crippen LogP contribution in [0.4, 0.5) is 4.39 Å². The minimum atomic E-state index is -0.270. The van der Waals surface area contributed by atoms with E-state index >= 15 is 0 Å². The molecule has 3 rings (SSSR count). The fourth-order valence-electron chi connectivity index (χ4n) is 3.58. The molecule has 1 aliphatic rings. The number of likely N-dealkylation sites (tertiary alicyclic amines) is 1. The minimum absolute atomic E-state index is 0. The molecule has 1 amide bonds. The number of nitrogens with zero attached hydrogens (tertiary/aromatic N) is 2. The van der Waals surface area contributed by atoms with Gasteiger partial charge in [-0.2, -0.15) is 0 Å². The van der Waals surface area contributed by atoms with Gasteiger partial charge >= 0.3 is 0 Å². The van der Waals surface area contributed by atoms with Gasteiger partial charge in [-0.15, -0.1) is 12.4 Å². The predicted octanol–water partition coefficient (Wildman–Crippen LogP) is 3.19. The summed E-state index contributed by atoms with van der Waals surface area (Å²) in [5, 5.41) is 0. The Morgan fingerprint density at radius 2 is 1.81 bits per heavy atom. The molecule has 3 atom stereocenters. The van der Waals surface area contributed by atoms with Gasteiger partial charge in [-0.1, -0.05) is 42.5 Å². The van der Waals surface area contributed by atoms with E-state index in [0.29, 0.717) is 13.1 Å². The molecule has 0 spiro atoms. The lowest BCUT2D eigenvalue weighted by Crippen LogP contribution is -2.39. The number of benzene rings is 2. The van der Waals surface area contributed by atoms with Gasteiger partial charge in [0.25, 0.3) is 0 Å². The molecular weight excluding hydrogens is 365 g/mol. The van der Waals surface area contributed by atoms with Crippen molar-refractivity contribution in [2.45, 2.75) is 24.9 Å². The fraction of sp³-hybridized carbons (Fsp3) is 0.381. The van der Waals surface area contributed by atoms with Crippen LogP contribution >= 0.6 is 12.4 Å². The third-order valence-electron chi connectivity index (χ3n) is 5.35. The number of nitrogens with two attached hydrogens (primary N) is 1. The zero-order chi connectivity index (χ0) is 18.7. The highest BCUT2D eigenvalue weighted by Crippen LogP contribution is 2.26. The maximum atomic E-state index is 13.1. The lowest BCUT2D eigenvalue weighted by atomic mass is 9.95. The van der Waals surface area contributed by atoms with Gasteiger partial charge in [-0.05, 0) is 30.2 Å². The van der Waals surface area contributed by atoms with Gasteiger partial charge in [0.05, 0.1) is 12.6 Å². The summed E-state index contributed by atoms with van der Waals surface area (Å²) in [5.41, 5.74) is 8.46. The molecule has 2 aromatic rings. The van der Waals surface area contributed by atoms with E-state index in [1.54, 1.807) is 24.1 Å². The number of amides is 1. The van der Waals surface area contributed by atoms with Crippen molar-refractivity contribution in [3.8, 4) is 0 Å². The van der Waals surface area contributed by atoms with Gasteiger partial charge < -0.3 is 10.6 Å². The normalized spacial score (nSPS) is 20.7. The van der Waals surface area contributed by atoms with Crippen molar-refractivity contribution >= 4 is 18.3 Å². The summed E-state index contributed by atoms with van der Waals surface area (Å²) in [6.07, 6.45) is 0. The van der Waals surface area contributed by atoms with Crippen LogP contribution in [0.1, 0.15) is 30.0 Å². The third-order valence-corrected chi connectivity index (χ3v) is 5.35. The Balaban J connectivity index is 0.00000261. The second-order valence-corrected chi connectivity index (χ2v) is 7.11. The average molecular weight is 392 g/mol. The second kappa shape index (κ2) is 9.31. The summed E-state index contributed by atoms with van der Waals surface area (Å²) in [5.74, 6) is 0.0273. The number of halogens is 2. The maximum absolute atomic E-state index is 13.1. The van der Waals surface area contributed by atoms with Crippen LogP contribution < -0.4 is 5.73 Å². The molecule has 1 heterocycles. The molecule has 0 aliphatic carbocycles. The second-order valence-electron chi connectivity index (χ2n) is 7.11. The van der Waals surface area contributed by atoms with Crippen molar-refractivity contribution in [2.24, 2.45) is 5.73 Å². The lowest BCUT2D eigenvalue weighted by Gasteiger charge is -2.27. The molecular formula is C21H27ClFN3O. The Labute approximate surface area is 166 Å². The van der Waals surface area contributed by atoms with E-state index < -0.39 is 0 Å². The van der Waals surface area contributed by atoms with Crippen LogP contribution in [-0.4, -0.2) is 48.4 Å². The summed E-state index contributed by atoms with van der Waals surface area (Å²) in [7, 11) is 1.79. The Morgan fingerprint density at radius 3 is 2.44 bits per heavy atom. The summed E-state index contributed by atoms with van der Waals surface area (Å²) in [4.78, 5) is 16.5. The molecule has 0 aromatic heterocycles. The standard InChI is InChI=1S/C21H26FN3O.ClH/c1-15(16-8-10-18(22)11-9-16)24(2)21(26)14-25-12-19(20(23)13-25)17-6-4-3-5-7-17;/h3-11,15,19-20H,12-14,23H2,1-2H3;1H/t15?,19-,20+;/m0./s1. The zero-order valence-electron chi connectivity index (χ0n) is 15.7. The molecule has 0 radical (unpaired) electrons. The highest BCUT2D eigenvalue weighted by Gasteiger charge is 2.33. The Morgan fingerprint density at radius 1 is 1.19 bits per heavy atom. The van der Waals surface area contributed by atoms with Gasteiger partial charge in [0.2, 0.25) is 5.91 Å². The largest absolute Gasteiger partial charge is 0.338 e. The molecule has 1 saturated heterocycles. The van der Waals surface area contributed by atoms with Crippen LogP contribution in [0.2, 0.25) is 0 Å². The van der Waals surface area contributed by atoms with E-state index in [-0.39, 0.29) is 42.1 Å². The fourth-order valence-corrected chi connectivity index (χ4v) is 3.58. The van der Waals surface area contributed by atoms with Gasteiger partial charge in [0, 0.05) is 32.1 Å². The molecule has 4 nitrogen and oxygen atoms in total. The summed E-state index contributed by atoms with van der Waals surface area (Å²) < 4.78 is 13.1. The van der Waals surface area contributed by atoms with Crippen molar-refractivity contribution in [1.29, 1.82) is 0 Å². The van der Waals surface area contributed by atoms with Crippen LogP contribution in [-0.2, 0) is 4.79 Å². The van der Waals surface area contributed by atoms with Gasteiger partial charge in [-0.3, -0.25) is 9.69 Å². The summed E-state index contributed by atoms with van der Waals surface area (Å²) in [6, 6.07) is 16.5. The third kappa shape index (κ3) is 5.06. The molecule has 1 fully saturated rings. The molecule has 0 saturated carbocycles. The van der Waals surface area contributed by atoms with E-state index in [1.807, 2.05) is 25.1 Å². The molecule has 146 valence electrons. The first-order valence-corrected chi connectivity index (χ1v) is 8.99. The molecule has 2 N–H and O–H groups in total. The monoisotopic (exact) mass is 391 g/mol. The quantitative estimate of drug-likeness (QED) is 0.851. The molecule has 2 aromatic carbocycles. The van der Waals surface area contributed by atoms with Crippen LogP contribution in [0.15, 0.2) is 54.6 Å². The van der Waals surface area contributed by atoms with Crippen molar-refractivity contribution in [2.75, 3.05) is 26.7 Å². The zero-order valence-corrected chi connectivity index (χ0v) is 16.5. The van der Waals surface area contributed by atoms with Gasteiger partial charge in [-0.25, -0.2) is 4.39 Å². The highest BCUT2D eigenvalue weighted by molar-refractivity contribution is 5.85. The minimum Gasteiger partial charge on any atom is -0.338 e. The molecule has 0 bridgehead atoms. The SMILES string of the molecule is CC(c1ccc(F)cc1)N(C)C(=O)CN1C[C@@H](N)[C@H](c2ccccc2)C1.Cl. The molecule has 1 unspecified atom stereocenters. The Hall–Kier alpha value is -1.95. The topological polar surface area (TPSA) is 49.6 Å². The van der Waals surface area contributed by atoms with Crippen molar-refractivity contribution in [3.63, 3.8) is 0 Å². The van der Waals surface area contributed by atoms with Crippen molar-refractivity contribution in [1.82, 2.24) is 9.80 Å². The van der Waals surface area contributed by atoms with E-state index in [2.05, 4.69) is 17.0 Å². The number of rotatable bonds is 5.